The predicted octanol–water partition coefficient (Wildman–Crippen LogP) is 3.37. The average molecular weight is 402 g/mol. The van der Waals surface area contributed by atoms with Gasteiger partial charge in [-0.25, -0.2) is 8.42 Å². The molecule has 0 radical (unpaired) electrons. The molecular weight excluding hydrogens is 385 g/mol. The van der Waals surface area contributed by atoms with Gasteiger partial charge >= 0.3 is 0 Å². The summed E-state index contributed by atoms with van der Waals surface area (Å²) < 4.78 is 28.2. The highest BCUT2D eigenvalue weighted by molar-refractivity contribution is 7.89. The largest absolute Gasteiger partial charge is 0.345 e. The highest BCUT2D eigenvalue weighted by atomic mass is 35.5. The Kier molecular flexibility index (Phi) is 5.11. The molecule has 134 valence electrons. The molecule has 1 aliphatic rings. The maximum atomic E-state index is 12.6. The van der Waals surface area contributed by atoms with Crippen molar-refractivity contribution in [2.75, 3.05) is 18.4 Å². The van der Waals surface area contributed by atoms with Gasteiger partial charge in [-0.3, -0.25) is 4.79 Å². The van der Waals surface area contributed by atoms with Crippen LogP contribution in [0, 0.1) is 0 Å². The Labute approximate surface area is 156 Å². The van der Waals surface area contributed by atoms with E-state index in [4.69, 9.17) is 23.2 Å². The lowest BCUT2D eigenvalue weighted by atomic mass is 10.3. The van der Waals surface area contributed by atoms with Gasteiger partial charge in [-0.05, 0) is 37.1 Å². The smallest absolute Gasteiger partial charge is 0.272 e. The first-order chi connectivity index (χ1) is 11.8. The van der Waals surface area contributed by atoms with E-state index in [0.29, 0.717) is 28.8 Å². The van der Waals surface area contributed by atoms with Crippen LogP contribution >= 0.6 is 23.2 Å². The number of aromatic nitrogens is 1. The molecule has 2 aromatic rings. The summed E-state index contributed by atoms with van der Waals surface area (Å²) in [6.45, 7) is 1.03. The fourth-order valence-corrected chi connectivity index (χ4v) is 4.63. The SMILES string of the molecule is Cn1cc(S(=O)(=O)N2CCCC2)cc1C(=O)Nc1ccc(Cl)c(Cl)c1. The van der Waals surface area contributed by atoms with Gasteiger partial charge in [-0.15, -0.1) is 0 Å². The summed E-state index contributed by atoms with van der Waals surface area (Å²) in [6, 6.07) is 6.12. The molecule has 0 bridgehead atoms. The number of rotatable bonds is 4. The van der Waals surface area contributed by atoms with Crippen LogP contribution in [0.15, 0.2) is 35.4 Å². The molecule has 0 saturated carbocycles. The Balaban J connectivity index is 1.84. The van der Waals surface area contributed by atoms with Crippen LogP contribution in [0.2, 0.25) is 10.0 Å². The number of hydrogen-bond donors (Lipinski definition) is 1. The van der Waals surface area contributed by atoms with Gasteiger partial charge in [0, 0.05) is 32.0 Å². The zero-order valence-corrected chi connectivity index (χ0v) is 15.8. The lowest BCUT2D eigenvalue weighted by Gasteiger charge is -2.13. The van der Waals surface area contributed by atoms with Gasteiger partial charge in [0.15, 0.2) is 0 Å². The van der Waals surface area contributed by atoms with Crippen molar-refractivity contribution < 1.29 is 13.2 Å². The van der Waals surface area contributed by atoms with E-state index in [2.05, 4.69) is 5.32 Å². The minimum Gasteiger partial charge on any atom is -0.345 e. The molecule has 1 amide bonds. The first kappa shape index (κ1) is 18.3. The summed E-state index contributed by atoms with van der Waals surface area (Å²) in [7, 11) is -1.93. The number of nitrogens with zero attached hydrogens (tertiary/aromatic N) is 2. The summed E-state index contributed by atoms with van der Waals surface area (Å²) in [5.74, 6) is -0.427. The number of benzene rings is 1. The summed E-state index contributed by atoms with van der Waals surface area (Å²) in [4.78, 5) is 12.6. The number of halogens is 2. The fourth-order valence-electron chi connectivity index (χ4n) is 2.75. The summed E-state index contributed by atoms with van der Waals surface area (Å²) in [6.07, 6.45) is 3.17. The molecule has 1 aliphatic heterocycles. The first-order valence-electron chi connectivity index (χ1n) is 7.72. The molecule has 1 aromatic carbocycles. The predicted molar refractivity (Wildman–Crippen MR) is 97.8 cm³/mol. The second-order valence-corrected chi connectivity index (χ2v) is 8.62. The number of amides is 1. The third-order valence-corrected chi connectivity index (χ3v) is 6.70. The van der Waals surface area contributed by atoms with E-state index in [1.807, 2.05) is 0 Å². The van der Waals surface area contributed by atoms with Gasteiger partial charge in [-0.1, -0.05) is 23.2 Å². The second kappa shape index (κ2) is 6.99. The van der Waals surface area contributed by atoms with Crippen LogP contribution in [0.5, 0.6) is 0 Å². The average Bonchev–Trinajstić information content (AvgIpc) is 3.21. The highest BCUT2D eigenvalue weighted by Crippen LogP contribution is 2.26. The number of aryl methyl sites for hydroxylation is 1. The molecular formula is C16H17Cl2N3O3S. The summed E-state index contributed by atoms with van der Waals surface area (Å²) >= 11 is 11.8. The number of carbonyl (C=O) groups is 1. The standard InChI is InChI=1S/C16H17Cl2N3O3S/c1-20-10-12(25(23,24)21-6-2-3-7-21)9-15(20)16(22)19-11-4-5-13(17)14(18)8-11/h4-5,8-10H,2-3,6-7H2,1H3,(H,19,22). The second-order valence-electron chi connectivity index (χ2n) is 5.87. The molecule has 3 rings (SSSR count). The van der Waals surface area contributed by atoms with Crippen molar-refractivity contribution in [2.45, 2.75) is 17.7 Å². The Morgan fingerprint density at radius 3 is 2.44 bits per heavy atom. The molecule has 1 aromatic heterocycles. The van der Waals surface area contributed by atoms with Gasteiger partial charge < -0.3 is 9.88 Å². The maximum Gasteiger partial charge on any atom is 0.272 e. The van der Waals surface area contributed by atoms with E-state index in [1.165, 1.54) is 27.2 Å². The van der Waals surface area contributed by atoms with Gasteiger partial charge in [0.05, 0.1) is 10.0 Å². The van der Waals surface area contributed by atoms with Crippen LogP contribution in [-0.2, 0) is 17.1 Å². The lowest BCUT2D eigenvalue weighted by Crippen LogP contribution is -2.27. The summed E-state index contributed by atoms with van der Waals surface area (Å²) in [5.41, 5.74) is 0.716. The van der Waals surface area contributed by atoms with Crippen molar-refractivity contribution in [3.05, 3.63) is 46.2 Å². The Morgan fingerprint density at radius 2 is 1.80 bits per heavy atom. The lowest BCUT2D eigenvalue weighted by molar-refractivity contribution is 0.101. The van der Waals surface area contributed by atoms with E-state index in [9.17, 15) is 13.2 Å². The van der Waals surface area contributed by atoms with Crippen LogP contribution in [0.3, 0.4) is 0 Å². The van der Waals surface area contributed by atoms with E-state index in [-0.39, 0.29) is 10.6 Å². The zero-order chi connectivity index (χ0) is 18.2. The molecule has 0 unspecified atom stereocenters. The van der Waals surface area contributed by atoms with E-state index >= 15 is 0 Å². The van der Waals surface area contributed by atoms with Crippen LogP contribution in [0.4, 0.5) is 5.69 Å². The maximum absolute atomic E-state index is 12.6. The normalized spacial score (nSPS) is 15.5. The number of anilines is 1. The van der Waals surface area contributed by atoms with Crippen molar-refractivity contribution >= 4 is 44.8 Å². The number of sulfonamides is 1. The third-order valence-electron chi connectivity index (χ3n) is 4.09. The highest BCUT2D eigenvalue weighted by Gasteiger charge is 2.29. The molecule has 0 atom stereocenters. The third kappa shape index (κ3) is 3.69. The van der Waals surface area contributed by atoms with Gasteiger partial charge in [0.2, 0.25) is 10.0 Å². The minimum absolute atomic E-state index is 0.121. The van der Waals surface area contributed by atoms with Crippen LogP contribution in [-0.4, -0.2) is 36.3 Å². The summed E-state index contributed by atoms with van der Waals surface area (Å²) in [5, 5.41) is 3.40. The molecule has 1 fully saturated rings. The monoisotopic (exact) mass is 401 g/mol. The molecule has 1 saturated heterocycles. The molecule has 25 heavy (non-hydrogen) atoms. The van der Waals surface area contributed by atoms with Crippen molar-refractivity contribution in [1.29, 1.82) is 0 Å². The first-order valence-corrected chi connectivity index (χ1v) is 9.91. The molecule has 9 heteroatoms. The van der Waals surface area contributed by atoms with Crippen molar-refractivity contribution in [1.82, 2.24) is 8.87 Å². The fraction of sp³-hybridized carbons (Fsp3) is 0.312. The Hall–Kier alpha value is -1.54. The molecule has 0 aliphatic carbocycles. The van der Waals surface area contributed by atoms with Crippen LogP contribution < -0.4 is 5.32 Å². The van der Waals surface area contributed by atoms with Crippen LogP contribution in [0.1, 0.15) is 23.3 Å². The van der Waals surface area contributed by atoms with Crippen molar-refractivity contribution in [3.8, 4) is 0 Å². The molecule has 1 N–H and O–H groups in total. The Morgan fingerprint density at radius 1 is 1.12 bits per heavy atom. The number of nitrogens with one attached hydrogen (secondary N) is 1. The van der Waals surface area contributed by atoms with Gasteiger partial charge in [0.1, 0.15) is 10.6 Å². The van der Waals surface area contributed by atoms with E-state index in [1.54, 1.807) is 19.2 Å². The Bertz CT molecular complexity index is 919. The van der Waals surface area contributed by atoms with E-state index in [0.717, 1.165) is 12.8 Å². The molecule has 6 nitrogen and oxygen atoms in total. The quantitative estimate of drug-likeness (QED) is 0.853. The number of hydrogen-bond acceptors (Lipinski definition) is 3. The molecule has 2 heterocycles. The topological polar surface area (TPSA) is 71.4 Å². The van der Waals surface area contributed by atoms with E-state index < -0.39 is 15.9 Å². The number of carbonyl (C=O) groups excluding carboxylic acids is 1. The van der Waals surface area contributed by atoms with Crippen LogP contribution in [0.25, 0.3) is 0 Å². The minimum atomic E-state index is -3.57. The zero-order valence-electron chi connectivity index (χ0n) is 13.5. The van der Waals surface area contributed by atoms with Crippen molar-refractivity contribution in [2.24, 2.45) is 7.05 Å². The molecule has 0 spiro atoms. The van der Waals surface area contributed by atoms with Gasteiger partial charge in [-0.2, -0.15) is 4.31 Å². The van der Waals surface area contributed by atoms with Gasteiger partial charge in [0.25, 0.3) is 5.91 Å². The van der Waals surface area contributed by atoms with Crippen molar-refractivity contribution in [3.63, 3.8) is 0 Å².